The summed E-state index contributed by atoms with van der Waals surface area (Å²) in [5, 5.41) is 0. The third-order valence-electron chi connectivity index (χ3n) is 5.40. The van der Waals surface area contributed by atoms with Crippen LogP contribution in [0, 0.1) is 13.8 Å². The minimum atomic E-state index is -3.57. The molecule has 166 valence electrons. The molecule has 3 aromatic rings. The van der Waals surface area contributed by atoms with Crippen LogP contribution in [0.25, 0.3) is 10.2 Å². The summed E-state index contributed by atoms with van der Waals surface area (Å²) in [6, 6.07) is 10.2. The Labute approximate surface area is 187 Å². The van der Waals surface area contributed by atoms with Gasteiger partial charge in [-0.3, -0.25) is 4.79 Å². The van der Waals surface area contributed by atoms with Crippen molar-refractivity contribution in [2.24, 2.45) is 12.0 Å². The Morgan fingerprint density at radius 2 is 1.71 bits per heavy atom. The van der Waals surface area contributed by atoms with Crippen LogP contribution in [0.5, 0.6) is 0 Å². The zero-order valence-corrected chi connectivity index (χ0v) is 20.3. The maximum atomic E-state index is 12.9. The number of amides is 1. The number of hydrogen-bond donors (Lipinski definition) is 0. The molecule has 0 unspecified atom stereocenters. The van der Waals surface area contributed by atoms with Crippen LogP contribution in [0.1, 0.15) is 48.2 Å². The number of carbonyl (C=O) groups is 1. The molecule has 1 heterocycles. The zero-order valence-electron chi connectivity index (χ0n) is 18.7. The number of fused-ring (bicyclic) bond motifs is 1. The molecule has 0 spiro atoms. The summed E-state index contributed by atoms with van der Waals surface area (Å²) in [5.41, 5.74) is 3.71. The van der Waals surface area contributed by atoms with Crippen molar-refractivity contribution in [3.8, 4) is 0 Å². The molecule has 0 aliphatic rings. The highest BCUT2D eigenvalue weighted by Gasteiger charge is 2.22. The fourth-order valence-electron chi connectivity index (χ4n) is 3.52. The molecule has 0 aliphatic heterocycles. The van der Waals surface area contributed by atoms with Gasteiger partial charge in [0.05, 0.1) is 15.1 Å². The fraction of sp³-hybridized carbons (Fsp3) is 0.391. The third kappa shape index (κ3) is 4.66. The highest BCUT2D eigenvalue weighted by atomic mass is 32.2. The maximum absolute atomic E-state index is 12.9. The van der Waals surface area contributed by atoms with E-state index in [9.17, 15) is 13.2 Å². The molecule has 0 N–H and O–H groups in total. The van der Waals surface area contributed by atoms with Crippen molar-refractivity contribution in [1.29, 1.82) is 0 Å². The third-order valence-corrected chi connectivity index (χ3v) is 8.65. The van der Waals surface area contributed by atoms with E-state index in [2.05, 4.69) is 17.1 Å². The van der Waals surface area contributed by atoms with Crippen LogP contribution < -0.4 is 4.80 Å². The van der Waals surface area contributed by atoms with Crippen molar-refractivity contribution < 1.29 is 13.2 Å². The molecule has 1 aromatic heterocycles. The number of aryl methyl sites for hydroxylation is 3. The second-order valence-corrected chi connectivity index (χ2v) is 10.5. The van der Waals surface area contributed by atoms with Gasteiger partial charge in [-0.05, 0) is 55.7 Å². The molecule has 0 saturated carbocycles. The van der Waals surface area contributed by atoms with Crippen molar-refractivity contribution in [1.82, 2.24) is 8.87 Å². The number of carbonyl (C=O) groups excluding carboxylic acids is 1. The summed E-state index contributed by atoms with van der Waals surface area (Å²) in [6.07, 6.45) is 1.74. The molecule has 0 aliphatic carbocycles. The Bertz CT molecular complexity index is 1270. The Morgan fingerprint density at radius 3 is 2.29 bits per heavy atom. The molecule has 0 saturated heterocycles. The van der Waals surface area contributed by atoms with E-state index in [1.165, 1.54) is 39.9 Å². The summed E-state index contributed by atoms with van der Waals surface area (Å²) < 4.78 is 30.3. The van der Waals surface area contributed by atoms with Crippen molar-refractivity contribution in [2.45, 2.75) is 45.4 Å². The minimum absolute atomic E-state index is 0.195. The van der Waals surface area contributed by atoms with Gasteiger partial charge >= 0.3 is 0 Å². The van der Waals surface area contributed by atoms with Crippen LogP contribution in [0.4, 0.5) is 0 Å². The Hall–Kier alpha value is -2.29. The lowest BCUT2D eigenvalue weighted by atomic mass is 10.1. The lowest BCUT2D eigenvalue weighted by Gasteiger charge is -2.20. The molecule has 0 bridgehead atoms. The van der Waals surface area contributed by atoms with Crippen LogP contribution in [-0.4, -0.2) is 36.3 Å². The van der Waals surface area contributed by atoms with Crippen LogP contribution in [0.15, 0.2) is 46.3 Å². The molecular formula is C23H29N3O3S2. The van der Waals surface area contributed by atoms with E-state index in [0.717, 1.165) is 34.2 Å². The first kappa shape index (κ1) is 23.4. The fourth-order valence-corrected chi connectivity index (χ4v) is 6.17. The Morgan fingerprint density at radius 1 is 1.06 bits per heavy atom. The first-order chi connectivity index (χ1) is 14.7. The molecule has 0 atom stereocenters. The van der Waals surface area contributed by atoms with Crippen LogP contribution in [0.3, 0.4) is 0 Å². The van der Waals surface area contributed by atoms with Gasteiger partial charge in [0.2, 0.25) is 10.0 Å². The van der Waals surface area contributed by atoms with E-state index in [4.69, 9.17) is 0 Å². The first-order valence-electron chi connectivity index (χ1n) is 10.5. The number of thiazole rings is 1. The van der Waals surface area contributed by atoms with Gasteiger partial charge in [-0.2, -0.15) is 9.30 Å². The summed E-state index contributed by atoms with van der Waals surface area (Å²) in [5.74, 6) is -0.389. The van der Waals surface area contributed by atoms with E-state index in [1.54, 1.807) is 0 Å². The van der Waals surface area contributed by atoms with Gasteiger partial charge in [-0.1, -0.05) is 43.7 Å². The quantitative estimate of drug-likeness (QED) is 0.525. The molecule has 31 heavy (non-hydrogen) atoms. The molecule has 0 radical (unpaired) electrons. The summed E-state index contributed by atoms with van der Waals surface area (Å²) in [4.78, 5) is 17.9. The number of sulfonamides is 1. The van der Waals surface area contributed by atoms with E-state index in [1.807, 2.05) is 39.3 Å². The highest BCUT2D eigenvalue weighted by Crippen LogP contribution is 2.24. The standard InChI is InChI=1S/C23H29N3O3S2/c1-6-8-15-26(7-2)31(28,29)19-13-11-18(12-14-19)22(27)24-23-25(5)20-16(3)9-10-17(4)21(20)30-23/h9-14H,6-8,15H2,1-5H3. The van der Waals surface area contributed by atoms with Gasteiger partial charge in [-0.25, -0.2) is 8.42 Å². The first-order valence-corrected chi connectivity index (χ1v) is 12.7. The highest BCUT2D eigenvalue weighted by molar-refractivity contribution is 7.89. The van der Waals surface area contributed by atoms with Gasteiger partial charge < -0.3 is 4.57 Å². The summed E-state index contributed by atoms with van der Waals surface area (Å²) in [7, 11) is -1.66. The molecule has 3 rings (SSSR count). The topological polar surface area (TPSA) is 71.7 Å². The minimum Gasteiger partial charge on any atom is -0.319 e. The van der Waals surface area contributed by atoms with E-state index >= 15 is 0 Å². The Kier molecular flexibility index (Phi) is 7.13. The van der Waals surface area contributed by atoms with Crippen LogP contribution in [-0.2, 0) is 17.1 Å². The molecular weight excluding hydrogens is 430 g/mol. The van der Waals surface area contributed by atoms with Crippen molar-refractivity contribution in [2.75, 3.05) is 13.1 Å². The summed E-state index contributed by atoms with van der Waals surface area (Å²) >= 11 is 1.48. The Balaban J connectivity index is 1.93. The van der Waals surface area contributed by atoms with Gasteiger partial charge in [0.1, 0.15) is 0 Å². The number of unbranched alkanes of at least 4 members (excludes halogenated alkanes) is 1. The monoisotopic (exact) mass is 459 g/mol. The smallest absolute Gasteiger partial charge is 0.279 e. The summed E-state index contributed by atoms with van der Waals surface area (Å²) in [6.45, 7) is 8.86. The van der Waals surface area contributed by atoms with Gasteiger partial charge in [-0.15, -0.1) is 0 Å². The number of benzene rings is 2. The lowest BCUT2D eigenvalue weighted by molar-refractivity contribution is 0.0998. The van der Waals surface area contributed by atoms with Crippen molar-refractivity contribution in [3.63, 3.8) is 0 Å². The SMILES string of the molecule is CCCCN(CC)S(=O)(=O)c1ccc(C(=O)N=c2sc3c(C)ccc(C)c3n2C)cc1. The van der Waals surface area contributed by atoms with Crippen molar-refractivity contribution >= 4 is 37.5 Å². The van der Waals surface area contributed by atoms with Crippen LogP contribution in [0.2, 0.25) is 0 Å². The van der Waals surface area contributed by atoms with Crippen molar-refractivity contribution in [3.05, 3.63) is 57.9 Å². The van der Waals surface area contributed by atoms with Crippen LogP contribution >= 0.6 is 11.3 Å². The largest absolute Gasteiger partial charge is 0.319 e. The predicted molar refractivity (Wildman–Crippen MR) is 126 cm³/mol. The van der Waals surface area contributed by atoms with E-state index < -0.39 is 10.0 Å². The number of aromatic nitrogens is 1. The molecule has 2 aromatic carbocycles. The average molecular weight is 460 g/mol. The number of nitrogens with zero attached hydrogens (tertiary/aromatic N) is 3. The average Bonchev–Trinajstić information content (AvgIpc) is 3.08. The zero-order chi connectivity index (χ0) is 22.8. The number of rotatable bonds is 7. The number of hydrogen-bond acceptors (Lipinski definition) is 4. The molecule has 8 heteroatoms. The molecule has 6 nitrogen and oxygen atoms in total. The molecule has 0 fully saturated rings. The van der Waals surface area contributed by atoms with E-state index in [0.29, 0.717) is 23.5 Å². The van der Waals surface area contributed by atoms with E-state index in [-0.39, 0.29) is 10.8 Å². The maximum Gasteiger partial charge on any atom is 0.279 e. The second kappa shape index (κ2) is 9.46. The second-order valence-electron chi connectivity index (χ2n) is 7.61. The van der Waals surface area contributed by atoms with Gasteiger partial charge in [0, 0.05) is 25.7 Å². The normalized spacial score (nSPS) is 12.8. The lowest BCUT2D eigenvalue weighted by Crippen LogP contribution is -2.31. The molecule has 1 amide bonds. The predicted octanol–water partition coefficient (Wildman–Crippen LogP) is 4.41. The van der Waals surface area contributed by atoms with Gasteiger partial charge in [0.15, 0.2) is 4.80 Å². The van der Waals surface area contributed by atoms with Gasteiger partial charge in [0.25, 0.3) is 5.91 Å².